The van der Waals surface area contributed by atoms with E-state index in [-0.39, 0.29) is 24.7 Å². The number of morpholine rings is 1. The number of nitrogens with zero attached hydrogens (tertiary/aromatic N) is 3. The maximum atomic E-state index is 13.9. The predicted molar refractivity (Wildman–Crippen MR) is 164 cm³/mol. The summed E-state index contributed by atoms with van der Waals surface area (Å²) in [4.78, 5) is 46.4. The lowest BCUT2D eigenvalue weighted by atomic mass is 9.96. The van der Waals surface area contributed by atoms with Crippen molar-refractivity contribution in [1.82, 2.24) is 9.47 Å². The Morgan fingerprint density at radius 2 is 1.80 bits per heavy atom. The van der Waals surface area contributed by atoms with E-state index in [1.54, 1.807) is 43.0 Å². The normalized spacial score (nSPS) is 16.7. The van der Waals surface area contributed by atoms with Crippen LogP contribution in [-0.4, -0.2) is 74.6 Å². The molecule has 2 aromatic carbocycles. The summed E-state index contributed by atoms with van der Waals surface area (Å²) in [5.74, 6) is 0.884. The molecule has 0 N–H and O–H groups in total. The third-order valence-corrected chi connectivity index (χ3v) is 8.21. The standard InChI is InChI=1S/C32H35N3O8S/c1-5-41-23-10-8-22(9-11-23)29-28(31(38)42-6-2)20(3)33-32-35(29)30(37)26(44-32)18-21-7-12-24(25(17-21)39-4)43-19-27(36)34-13-15-40-16-14-34/h7-12,17-18,29H,5-6,13-16,19H2,1-4H3/b26-18+/t29-/m0/s1. The van der Waals surface area contributed by atoms with Crippen molar-refractivity contribution in [3.8, 4) is 17.2 Å². The number of carbonyl (C=O) groups excluding carboxylic acids is 2. The van der Waals surface area contributed by atoms with Gasteiger partial charge in [-0.25, -0.2) is 9.79 Å². The summed E-state index contributed by atoms with van der Waals surface area (Å²) in [5, 5.41) is 0. The third-order valence-electron chi connectivity index (χ3n) is 7.22. The second kappa shape index (κ2) is 13.9. The first-order chi connectivity index (χ1) is 21.3. The van der Waals surface area contributed by atoms with E-state index in [1.807, 2.05) is 31.2 Å². The van der Waals surface area contributed by atoms with Gasteiger partial charge >= 0.3 is 5.97 Å². The maximum absolute atomic E-state index is 13.9. The Morgan fingerprint density at radius 3 is 2.48 bits per heavy atom. The summed E-state index contributed by atoms with van der Waals surface area (Å²) in [7, 11) is 1.51. The molecule has 1 atom stereocenters. The molecule has 2 aliphatic rings. The van der Waals surface area contributed by atoms with Crippen LogP contribution in [0, 0.1) is 0 Å². The highest BCUT2D eigenvalue weighted by atomic mass is 32.1. The van der Waals surface area contributed by atoms with Crippen molar-refractivity contribution in [2.75, 3.05) is 53.2 Å². The Kier molecular flexibility index (Phi) is 9.81. The molecule has 0 saturated carbocycles. The van der Waals surface area contributed by atoms with Gasteiger partial charge in [0.05, 0.1) is 55.4 Å². The Balaban J connectivity index is 1.49. The maximum Gasteiger partial charge on any atom is 0.338 e. The van der Waals surface area contributed by atoms with Crippen LogP contribution in [-0.2, 0) is 19.1 Å². The zero-order chi connectivity index (χ0) is 31.2. The van der Waals surface area contributed by atoms with Crippen LogP contribution in [0.15, 0.2) is 63.5 Å². The second-order valence-electron chi connectivity index (χ2n) is 10.00. The minimum Gasteiger partial charge on any atom is -0.494 e. The molecule has 5 rings (SSSR count). The smallest absolute Gasteiger partial charge is 0.338 e. The highest BCUT2D eigenvalue weighted by molar-refractivity contribution is 7.07. The van der Waals surface area contributed by atoms with E-state index in [4.69, 9.17) is 23.7 Å². The number of esters is 1. The van der Waals surface area contributed by atoms with Crippen molar-refractivity contribution in [3.63, 3.8) is 0 Å². The number of thiazole rings is 1. The SMILES string of the molecule is CCOC(=O)C1=C(C)N=c2s/c(=C/c3ccc(OCC(=O)N4CCOCC4)c(OC)c3)c(=O)n2[C@H]1c1ccc(OCC)cc1. The molecular weight excluding hydrogens is 586 g/mol. The molecule has 1 fully saturated rings. The number of allylic oxidation sites excluding steroid dienone is 1. The van der Waals surface area contributed by atoms with Crippen LogP contribution in [0.25, 0.3) is 6.08 Å². The van der Waals surface area contributed by atoms with Gasteiger partial charge in [0, 0.05) is 13.1 Å². The monoisotopic (exact) mass is 621 g/mol. The first kappa shape index (κ1) is 31.0. The number of amides is 1. The third kappa shape index (κ3) is 6.56. The fourth-order valence-electron chi connectivity index (χ4n) is 5.11. The number of fused-ring (bicyclic) bond motifs is 1. The molecular formula is C32H35N3O8S. The van der Waals surface area contributed by atoms with Crippen molar-refractivity contribution in [1.29, 1.82) is 0 Å². The quantitative estimate of drug-likeness (QED) is 0.317. The summed E-state index contributed by atoms with van der Waals surface area (Å²) in [6.07, 6.45) is 1.74. The van der Waals surface area contributed by atoms with E-state index < -0.39 is 12.0 Å². The zero-order valence-electron chi connectivity index (χ0n) is 25.2. The van der Waals surface area contributed by atoms with Crippen LogP contribution in [0.1, 0.15) is 37.9 Å². The number of aromatic nitrogens is 1. The van der Waals surface area contributed by atoms with E-state index in [0.717, 1.165) is 5.56 Å². The minimum atomic E-state index is -0.725. The van der Waals surface area contributed by atoms with E-state index in [0.29, 0.717) is 76.3 Å². The summed E-state index contributed by atoms with van der Waals surface area (Å²) >= 11 is 1.23. The average molecular weight is 622 g/mol. The van der Waals surface area contributed by atoms with Gasteiger partial charge in [-0.2, -0.15) is 0 Å². The lowest BCUT2D eigenvalue weighted by molar-refractivity contribution is -0.139. The fraction of sp³-hybridized carbons (Fsp3) is 0.375. The van der Waals surface area contributed by atoms with Crippen LogP contribution < -0.4 is 29.1 Å². The summed E-state index contributed by atoms with van der Waals surface area (Å²) < 4.78 is 29.6. The van der Waals surface area contributed by atoms with Crippen molar-refractivity contribution >= 4 is 29.3 Å². The van der Waals surface area contributed by atoms with E-state index in [1.165, 1.54) is 23.0 Å². The number of hydrogen-bond donors (Lipinski definition) is 0. The zero-order valence-corrected chi connectivity index (χ0v) is 26.0. The molecule has 0 aliphatic carbocycles. The van der Waals surface area contributed by atoms with Crippen LogP contribution in [0.3, 0.4) is 0 Å². The number of benzene rings is 2. The largest absolute Gasteiger partial charge is 0.494 e. The van der Waals surface area contributed by atoms with Crippen LogP contribution in [0.5, 0.6) is 17.2 Å². The molecule has 11 nitrogen and oxygen atoms in total. The minimum absolute atomic E-state index is 0.123. The molecule has 2 aliphatic heterocycles. The molecule has 232 valence electrons. The molecule has 1 aromatic heterocycles. The van der Waals surface area contributed by atoms with Crippen LogP contribution in [0.4, 0.5) is 0 Å². The number of methoxy groups -OCH3 is 1. The Bertz CT molecular complexity index is 1740. The van der Waals surface area contributed by atoms with E-state index in [2.05, 4.69) is 4.99 Å². The second-order valence-corrected chi connectivity index (χ2v) is 11.0. The highest BCUT2D eigenvalue weighted by Gasteiger charge is 2.33. The van der Waals surface area contributed by atoms with Crippen molar-refractivity contribution < 1.29 is 33.3 Å². The van der Waals surface area contributed by atoms with Crippen molar-refractivity contribution in [2.45, 2.75) is 26.8 Å². The van der Waals surface area contributed by atoms with Gasteiger partial charge in [0.15, 0.2) is 22.9 Å². The molecule has 0 radical (unpaired) electrons. The van der Waals surface area contributed by atoms with Crippen LogP contribution in [0.2, 0.25) is 0 Å². The van der Waals surface area contributed by atoms with Gasteiger partial charge in [0.2, 0.25) is 0 Å². The molecule has 3 heterocycles. The van der Waals surface area contributed by atoms with Crippen molar-refractivity contribution in [3.05, 3.63) is 84.5 Å². The predicted octanol–water partition coefficient (Wildman–Crippen LogP) is 2.44. The molecule has 44 heavy (non-hydrogen) atoms. The Morgan fingerprint density at radius 1 is 1.05 bits per heavy atom. The summed E-state index contributed by atoms with van der Waals surface area (Å²) in [5.41, 5.74) is 1.93. The van der Waals surface area contributed by atoms with Crippen LogP contribution >= 0.6 is 11.3 Å². The molecule has 0 unspecified atom stereocenters. The number of hydrogen-bond acceptors (Lipinski definition) is 10. The van der Waals surface area contributed by atoms with E-state index >= 15 is 0 Å². The van der Waals surface area contributed by atoms with Gasteiger partial charge in [0.25, 0.3) is 11.5 Å². The highest BCUT2D eigenvalue weighted by Crippen LogP contribution is 2.32. The van der Waals surface area contributed by atoms with Gasteiger partial charge in [-0.15, -0.1) is 0 Å². The number of rotatable bonds is 10. The van der Waals surface area contributed by atoms with Gasteiger partial charge < -0.3 is 28.6 Å². The average Bonchev–Trinajstić information content (AvgIpc) is 3.34. The van der Waals surface area contributed by atoms with Gasteiger partial charge in [-0.3, -0.25) is 14.2 Å². The molecule has 0 bridgehead atoms. The lowest BCUT2D eigenvalue weighted by Gasteiger charge is -2.26. The lowest BCUT2D eigenvalue weighted by Crippen LogP contribution is -2.43. The van der Waals surface area contributed by atoms with Gasteiger partial charge in [-0.05, 0) is 62.2 Å². The Labute approximate surface area is 258 Å². The summed E-state index contributed by atoms with van der Waals surface area (Å²) in [6, 6.07) is 11.8. The molecule has 1 saturated heterocycles. The first-order valence-corrected chi connectivity index (χ1v) is 15.2. The molecule has 3 aromatic rings. The van der Waals surface area contributed by atoms with Gasteiger partial charge in [0.1, 0.15) is 5.75 Å². The first-order valence-electron chi connectivity index (χ1n) is 14.4. The topological polar surface area (TPSA) is 118 Å². The van der Waals surface area contributed by atoms with E-state index in [9.17, 15) is 14.4 Å². The molecule has 0 spiro atoms. The number of carbonyl (C=O) groups is 2. The number of ether oxygens (including phenoxy) is 5. The molecule has 1 amide bonds. The Hall–Kier alpha value is -4.42. The van der Waals surface area contributed by atoms with Gasteiger partial charge in [-0.1, -0.05) is 29.5 Å². The summed E-state index contributed by atoms with van der Waals surface area (Å²) in [6.45, 7) is 8.08. The fourth-order valence-corrected chi connectivity index (χ4v) is 6.15. The molecule has 12 heteroatoms. The van der Waals surface area contributed by atoms with Crippen molar-refractivity contribution in [2.24, 2.45) is 4.99 Å².